The van der Waals surface area contributed by atoms with Gasteiger partial charge in [-0.3, -0.25) is 19.4 Å². The van der Waals surface area contributed by atoms with Crippen LogP contribution in [0.4, 0.5) is 0 Å². The second-order valence-electron chi connectivity index (χ2n) is 4.88. The van der Waals surface area contributed by atoms with Crippen LogP contribution in [0.3, 0.4) is 0 Å². The van der Waals surface area contributed by atoms with E-state index in [9.17, 15) is 9.59 Å². The zero-order valence-corrected chi connectivity index (χ0v) is 9.85. The van der Waals surface area contributed by atoms with E-state index in [4.69, 9.17) is 5.73 Å². The van der Waals surface area contributed by atoms with Crippen molar-refractivity contribution in [1.82, 2.24) is 9.80 Å². The first kappa shape index (κ1) is 11.5. The Morgan fingerprint density at radius 3 is 2.56 bits per heavy atom. The van der Waals surface area contributed by atoms with E-state index in [2.05, 4.69) is 11.8 Å². The molecule has 2 aliphatic rings. The molecule has 0 radical (unpaired) electrons. The topological polar surface area (TPSA) is 66.6 Å². The SMILES string of the molecule is CC1CC(N)CCN1C1CC(=O)N(C)C1=O. The monoisotopic (exact) mass is 225 g/mol. The number of carbonyl (C=O) groups excluding carboxylic acids is 2. The van der Waals surface area contributed by atoms with Gasteiger partial charge in [-0.2, -0.15) is 0 Å². The number of hydrogen-bond donors (Lipinski definition) is 1. The summed E-state index contributed by atoms with van der Waals surface area (Å²) in [5.41, 5.74) is 5.89. The molecule has 5 nitrogen and oxygen atoms in total. The molecule has 0 bridgehead atoms. The number of likely N-dealkylation sites (N-methyl/N-ethyl adjacent to an activating group) is 1. The average molecular weight is 225 g/mol. The Morgan fingerprint density at radius 2 is 2.06 bits per heavy atom. The van der Waals surface area contributed by atoms with Crippen molar-refractivity contribution in [1.29, 1.82) is 0 Å². The second-order valence-corrected chi connectivity index (χ2v) is 4.88. The van der Waals surface area contributed by atoms with Gasteiger partial charge in [0, 0.05) is 25.7 Å². The molecule has 0 saturated carbocycles. The van der Waals surface area contributed by atoms with Gasteiger partial charge in [0.25, 0.3) is 0 Å². The van der Waals surface area contributed by atoms with Crippen LogP contribution in [0, 0.1) is 0 Å². The van der Waals surface area contributed by atoms with Crippen LogP contribution < -0.4 is 5.73 Å². The summed E-state index contributed by atoms with van der Waals surface area (Å²) in [5.74, 6) is -0.135. The Labute approximate surface area is 95.6 Å². The molecule has 0 aromatic rings. The summed E-state index contributed by atoms with van der Waals surface area (Å²) in [7, 11) is 1.56. The van der Waals surface area contributed by atoms with Crippen molar-refractivity contribution in [3.63, 3.8) is 0 Å². The molecule has 0 aromatic heterocycles. The predicted molar refractivity (Wildman–Crippen MR) is 59.6 cm³/mol. The lowest BCUT2D eigenvalue weighted by Gasteiger charge is -2.39. The lowest BCUT2D eigenvalue weighted by molar-refractivity contribution is -0.138. The quantitative estimate of drug-likeness (QED) is 0.614. The third kappa shape index (κ3) is 1.85. The van der Waals surface area contributed by atoms with E-state index in [0.717, 1.165) is 19.4 Å². The lowest BCUT2D eigenvalue weighted by Crippen LogP contribution is -2.52. The molecule has 2 amide bonds. The van der Waals surface area contributed by atoms with Crippen molar-refractivity contribution >= 4 is 11.8 Å². The molecule has 0 spiro atoms. The Kier molecular flexibility index (Phi) is 2.99. The Hall–Kier alpha value is -0.940. The predicted octanol–water partition coefficient (Wildman–Crippen LogP) is -0.445. The summed E-state index contributed by atoms with van der Waals surface area (Å²) in [4.78, 5) is 26.7. The molecular weight excluding hydrogens is 206 g/mol. The fraction of sp³-hybridized carbons (Fsp3) is 0.818. The van der Waals surface area contributed by atoms with Crippen LogP contribution in [0.2, 0.25) is 0 Å². The maximum atomic E-state index is 11.9. The fourth-order valence-electron chi connectivity index (χ4n) is 2.68. The molecule has 0 aliphatic carbocycles. The molecule has 2 fully saturated rings. The van der Waals surface area contributed by atoms with Gasteiger partial charge in [0.2, 0.25) is 11.8 Å². The van der Waals surface area contributed by atoms with Gasteiger partial charge in [0.15, 0.2) is 0 Å². The van der Waals surface area contributed by atoms with Crippen LogP contribution >= 0.6 is 0 Å². The van der Waals surface area contributed by atoms with Crippen molar-refractivity contribution < 1.29 is 9.59 Å². The lowest BCUT2D eigenvalue weighted by atomic mass is 9.96. The van der Waals surface area contributed by atoms with Crippen LogP contribution in [0.15, 0.2) is 0 Å². The number of hydrogen-bond acceptors (Lipinski definition) is 4. The van der Waals surface area contributed by atoms with Gasteiger partial charge in [0.1, 0.15) is 0 Å². The first-order valence-electron chi connectivity index (χ1n) is 5.82. The largest absolute Gasteiger partial charge is 0.328 e. The zero-order valence-electron chi connectivity index (χ0n) is 9.85. The molecule has 5 heteroatoms. The highest BCUT2D eigenvalue weighted by Crippen LogP contribution is 2.24. The summed E-state index contributed by atoms with van der Waals surface area (Å²) >= 11 is 0. The maximum Gasteiger partial charge on any atom is 0.246 e. The molecule has 2 rings (SSSR count). The first-order valence-corrected chi connectivity index (χ1v) is 5.82. The van der Waals surface area contributed by atoms with E-state index < -0.39 is 0 Å². The smallest absolute Gasteiger partial charge is 0.246 e. The highest BCUT2D eigenvalue weighted by Gasteiger charge is 2.42. The highest BCUT2D eigenvalue weighted by atomic mass is 16.2. The third-order valence-corrected chi connectivity index (χ3v) is 3.73. The summed E-state index contributed by atoms with van der Waals surface area (Å²) < 4.78 is 0. The van der Waals surface area contributed by atoms with Crippen LogP contribution in [0.5, 0.6) is 0 Å². The Morgan fingerprint density at radius 1 is 1.38 bits per heavy atom. The molecule has 16 heavy (non-hydrogen) atoms. The van der Waals surface area contributed by atoms with E-state index >= 15 is 0 Å². The van der Waals surface area contributed by atoms with Gasteiger partial charge in [-0.15, -0.1) is 0 Å². The van der Waals surface area contributed by atoms with Crippen molar-refractivity contribution in [3.8, 4) is 0 Å². The van der Waals surface area contributed by atoms with Crippen molar-refractivity contribution in [3.05, 3.63) is 0 Å². The number of rotatable bonds is 1. The highest BCUT2D eigenvalue weighted by molar-refractivity contribution is 6.05. The zero-order chi connectivity index (χ0) is 11.9. The summed E-state index contributed by atoms with van der Waals surface area (Å²) in [6.45, 7) is 2.90. The Balaban J connectivity index is 2.08. The van der Waals surface area contributed by atoms with E-state index in [1.807, 2.05) is 0 Å². The first-order chi connectivity index (χ1) is 7.50. The normalized spacial score (nSPS) is 37.2. The molecule has 0 aromatic carbocycles. The molecule has 2 N–H and O–H groups in total. The summed E-state index contributed by atoms with van der Waals surface area (Å²) in [6, 6.07) is 0.271. The molecule has 2 heterocycles. The standard InChI is InChI=1S/C11H19N3O2/c1-7-5-8(12)3-4-14(7)9-6-10(15)13(2)11(9)16/h7-9H,3-6,12H2,1-2H3. The number of imide groups is 1. The number of carbonyl (C=O) groups is 2. The minimum absolute atomic E-state index is 0.0627. The molecule has 90 valence electrons. The molecule has 3 unspecified atom stereocenters. The van der Waals surface area contributed by atoms with Gasteiger partial charge in [-0.1, -0.05) is 0 Å². The number of likely N-dealkylation sites (tertiary alicyclic amines) is 2. The number of amides is 2. The van der Waals surface area contributed by atoms with Gasteiger partial charge in [-0.25, -0.2) is 0 Å². The minimum Gasteiger partial charge on any atom is -0.328 e. The number of nitrogens with zero attached hydrogens (tertiary/aromatic N) is 2. The summed E-state index contributed by atoms with van der Waals surface area (Å²) in [5, 5.41) is 0. The van der Waals surface area contributed by atoms with Crippen LogP contribution in [-0.2, 0) is 9.59 Å². The Bertz CT molecular complexity index is 318. The van der Waals surface area contributed by atoms with Crippen molar-refractivity contribution in [2.45, 2.75) is 44.3 Å². The van der Waals surface area contributed by atoms with Crippen molar-refractivity contribution in [2.24, 2.45) is 5.73 Å². The fourth-order valence-corrected chi connectivity index (χ4v) is 2.68. The van der Waals surface area contributed by atoms with Crippen LogP contribution in [-0.4, -0.2) is 53.3 Å². The van der Waals surface area contributed by atoms with Crippen LogP contribution in [0.25, 0.3) is 0 Å². The maximum absolute atomic E-state index is 11.9. The average Bonchev–Trinajstić information content (AvgIpc) is 2.46. The number of nitrogens with two attached hydrogens (primary N) is 1. The van der Waals surface area contributed by atoms with Gasteiger partial charge >= 0.3 is 0 Å². The van der Waals surface area contributed by atoms with Crippen molar-refractivity contribution in [2.75, 3.05) is 13.6 Å². The van der Waals surface area contributed by atoms with Gasteiger partial charge in [-0.05, 0) is 19.8 Å². The van der Waals surface area contributed by atoms with Gasteiger partial charge in [0.05, 0.1) is 12.5 Å². The van der Waals surface area contributed by atoms with E-state index in [1.54, 1.807) is 7.05 Å². The second kappa shape index (κ2) is 4.14. The van der Waals surface area contributed by atoms with E-state index in [-0.39, 0.29) is 29.9 Å². The summed E-state index contributed by atoms with van der Waals surface area (Å²) in [6.07, 6.45) is 2.14. The van der Waals surface area contributed by atoms with Crippen LogP contribution in [0.1, 0.15) is 26.2 Å². The van der Waals surface area contributed by atoms with Gasteiger partial charge < -0.3 is 5.73 Å². The molecule has 2 saturated heterocycles. The molecule has 2 aliphatic heterocycles. The van der Waals surface area contributed by atoms with E-state index in [1.165, 1.54) is 4.90 Å². The van der Waals surface area contributed by atoms with E-state index in [0.29, 0.717) is 6.42 Å². The number of piperidine rings is 1. The minimum atomic E-state index is -0.250. The molecular formula is C11H19N3O2. The molecule has 3 atom stereocenters. The third-order valence-electron chi connectivity index (χ3n) is 3.73.